The molecule has 1 N–H and O–H groups in total. The molecule has 0 aromatic rings. The van der Waals surface area contributed by atoms with Crippen molar-refractivity contribution in [3.63, 3.8) is 0 Å². The molecule has 0 aromatic heterocycles. The summed E-state index contributed by atoms with van der Waals surface area (Å²) in [5.41, 5.74) is 0. The first kappa shape index (κ1) is 10.1. The predicted molar refractivity (Wildman–Crippen MR) is 58.7 cm³/mol. The van der Waals surface area contributed by atoms with E-state index in [0.29, 0.717) is 6.04 Å². The number of rotatable bonds is 3. The Morgan fingerprint density at radius 2 is 2.50 bits per heavy atom. The van der Waals surface area contributed by atoms with E-state index in [0.717, 1.165) is 38.5 Å². The molecule has 2 aliphatic rings. The van der Waals surface area contributed by atoms with Gasteiger partial charge in [-0.25, -0.2) is 4.79 Å². The zero-order valence-electron chi connectivity index (χ0n) is 8.53. The number of nitrogens with zero attached hydrogens (tertiary/aromatic N) is 2. The third kappa shape index (κ3) is 1.83. The van der Waals surface area contributed by atoms with Gasteiger partial charge in [-0.2, -0.15) is 11.8 Å². The molecular formula is C9H17N3OS. The third-order valence-corrected chi connectivity index (χ3v) is 3.45. The largest absolute Gasteiger partial charge is 0.322 e. The van der Waals surface area contributed by atoms with Crippen molar-refractivity contribution in [2.75, 3.05) is 44.7 Å². The fourth-order valence-electron chi connectivity index (χ4n) is 2.08. The second-order valence-corrected chi connectivity index (χ2v) is 4.76. The van der Waals surface area contributed by atoms with Gasteiger partial charge in [-0.15, -0.1) is 0 Å². The van der Waals surface area contributed by atoms with Crippen molar-refractivity contribution in [2.24, 2.45) is 0 Å². The lowest BCUT2D eigenvalue weighted by atomic mass is 10.2. The van der Waals surface area contributed by atoms with E-state index in [1.807, 2.05) is 9.80 Å². The van der Waals surface area contributed by atoms with Crippen molar-refractivity contribution in [3.8, 4) is 0 Å². The number of hydrogen-bond acceptors (Lipinski definition) is 3. The number of piperazine rings is 1. The minimum absolute atomic E-state index is 0.241. The third-order valence-electron chi connectivity index (χ3n) is 2.86. The molecule has 2 heterocycles. The Morgan fingerprint density at radius 1 is 1.64 bits per heavy atom. The number of thioether (sulfide) groups is 1. The Morgan fingerprint density at radius 3 is 3.21 bits per heavy atom. The van der Waals surface area contributed by atoms with Crippen LogP contribution in [0.25, 0.3) is 0 Å². The summed E-state index contributed by atoms with van der Waals surface area (Å²) in [6, 6.07) is 0.656. The second-order valence-electron chi connectivity index (χ2n) is 3.77. The summed E-state index contributed by atoms with van der Waals surface area (Å²) in [5, 5.41) is 3.33. The van der Waals surface area contributed by atoms with Crippen molar-refractivity contribution in [1.29, 1.82) is 0 Å². The highest BCUT2D eigenvalue weighted by molar-refractivity contribution is 7.98. The van der Waals surface area contributed by atoms with E-state index in [4.69, 9.17) is 0 Å². The molecule has 0 bridgehead atoms. The number of hydrogen-bond donors (Lipinski definition) is 1. The zero-order valence-corrected chi connectivity index (χ0v) is 9.35. The first-order valence-electron chi connectivity index (χ1n) is 5.08. The smallest absolute Gasteiger partial charge is 0.320 e. The molecule has 4 nitrogen and oxygen atoms in total. The van der Waals surface area contributed by atoms with Crippen LogP contribution in [0.2, 0.25) is 0 Å². The van der Waals surface area contributed by atoms with Crippen LogP contribution < -0.4 is 5.32 Å². The van der Waals surface area contributed by atoms with Gasteiger partial charge < -0.3 is 15.1 Å². The van der Waals surface area contributed by atoms with E-state index in [9.17, 15) is 4.79 Å². The molecule has 0 aliphatic carbocycles. The summed E-state index contributed by atoms with van der Waals surface area (Å²) in [5.74, 6) is 1.04. The molecule has 2 fully saturated rings. The summed E-state index contributed by atoms with van der Waals surface area (Å²) in [6.45, 7) is 4.58. The molecule has 2 rings (SSSR count). The predicted octanol–water partition coefficient (Wildman–Crippen LogP) is 0.0588. The van der Waals surface area contributed by atoms with Crippen LogP contribution in [0.4, 0.5) is 4.79 Å². The molecule has 1 unspecified atom stereocenters. The number of carbonyl (C=O) groups excluding carboxylic acids is 1. The first-order chi connectivity index (χ1) is 6.83. The fraction of sp³-hybridized carbons (Fsp3) is 0.889. The lowest BCUT2D eigenvalue weighted by molar-refractivity contribution is 0.180. The highest BCUT2D eigenvalue weighted by Crippen LogP contribution is 2.17. The highest BCUT2D eigenvalue weighted by atomic mass is 32.2. The van der Waals surface area contributed by atoms with Gasteiger partial charge >= 0.3 is 6.03 Å². The molecule has 80 valence electrons. The number of fused-ring (bicyclic) bond motifs is 1. The van der Waals surface area contributed by atoms with Crippen LogP contribution in [-0.2, 0) is 0 Å². The van der Waals surface area contributed by atoms with Crippen LogP contribution in [0.3, 0.4) is 0 Å². The number of urea groups is 1. The van der Waals surface area contributed by atoms with Crippen molar-refractivity contribution in [2.45, 2.75) is 6.04 Å². The molecule has 14 heavy (non-hydrogen) atoms. The minimum atomic E-state index is 0.241. The van der Waals surface area contributed by atoms with E-state index in [1.165, 1.54) is 0 Å². The van der Waals surface area contributed by atoms with Crippen molar-refractivity contribution in [1.82, 2.24) is 15.1 Å². The maximum atomic E-state index is 11.9. The van der Waals surface area contributed by atoms with Gasteiger partial charge in [0.2, 0.25) is 0 Å². The fourth-order valence-corrected chi connectivity index (χ4v) is 2.48. The van der Waals surface area contributed by atoms with E-state index in [-0.39, 0.29) is 6.03 Å². The van der Waals surface area contributed by atoms with Crippen molar-refractivity contribution < 1.29 is 4.79 Å². The van der Waals surface area contributed by atoms with Gasteiger partial charge in [-0.1, -0.05) is 0 Å². The van der Waals surface area contributed by atoms with Gasteiger partial charge in [-0.05, 0) is 6.26 Å². The molecule has 0 aromatic carbocycles. The Balaban J connectivity index is 1.92. The maximum Gasteiger partial charge on any atom is 0.320 e. The van der Waals surface area contributed by atoms with Crippen LogP contribution in [0.1, 0.15) is 0 Å². The van der Waals surface area contributed by atoms with Gasteiger partial charge in [0.25, 0.3) is 0 Å². The molecule has 0 spiro atoms. The summed E-state index contributed by atoms with van der Waals surface area (Å²) in [6.07, 6.45) is 2.08. The maximum absolute atomic E-state index is 11.9. The summed E-state index contributed by atoms with van der Waals surface area (Å²) in [4.78, 5) is 15.9. The zero-order chi connectivity index (χ0) is 9.97. The Kier molecular flexibility index (Phi) is 3.18. The molecule has 1 atom stereocenters. The number of nitrogens with one attached hydrogen (secondary N) is 1. The Bertz CT molecular complexity index is 224. The number of amides is 2. The number of carbonyl (C=O) groups is 1. The van der Waals surface area contributed by atoms with E-state index in [1.54, 1.807) is 11.8 Å². The SMILES string of the molecule is CSCCN1CC2CNCCN2C1=O. The van der Waals surface area contributed by atoms with E-state index < -0.39 is 0 Å². The van der Waals surface area contributed by atoms with Crippen molar-refractivity contribution in [3.05, 3.63) is 0 Å². The van der Waals surface area contributed by atoms with Gasteiger partial charge in [0.1, 0.15) is 0 Å². The minimum Gasteiger partial charge on any atom is -0.322 e. The molecule has 0 saturated carbocycles. The van der Waals surface area contributed by atoms with Crippen LogP contribution >= 0.6 is 11.8 Å². The molecule has 0 radical (unpaired) electrons. The molecule has 2 aliphatic heterocycles. The second kappa shape index (κ2) is 4.40. The lowest BCUT2D eigenvalue weighted by Gasteiger charge is -2.28. The highest BCUT2D eigenvalue weighted by Gasteiger charge is 2.37. The molecule has 2 amide bonds. The monoisotopic (exact) mass is 215 g/mol. The quantitative estimate of drug-likeness (QED) is 0.723. The van der Waals surface area contributed by atoms with Crippen molar-refractivity contribution >= 4 is 17.8 Å². The standard InChI is InChI=1S/C9H17N3OS/c1-14-5-4-11-7-8-6-10-2-3-12(8)9(11)13/h8,10H,2-7H2,1H3. The van der Waals surface area contributed by atoms with Gasteiger partial charge in [-0.3, -0.25) is 0 Å². The van der Waals surface area contributed by atoms with E-state index in [2.05, 4.69) is 11.6 Å². The van der Waals surface area contributed by atoms with Gasteiger partial charge in [0.15, 0.2) is 0 Å². The van der Waals surface area contributed by atoms with Crippen LogP contribution in [0.15, 0.2) is 0 Å². The topological polar surface area (TPSA) is 35.6 Å². The lowest BCUT2D eigenvalue weighted by Crippen LogP contribution is -2.49. The van der Waals surface area contributed by atoms with Crippen LogP contribution in [-0.4, -0.2) is 66.6 Å². The average molecular weight is 215 g/mol. The Hall–Kier alpha value is -0.420. The Labute approximate surface area is 89.0 Å². The van der Waals surface area contributed by atoms with E-state index >= 15 is 0 Å². The van der Waals surface area contributed by atoms with Crippen LogP contribution in [0, 0.1) is 0 Å². The van der Waals surface area contributed by atoms with Gasteiger partial charge in [0, 0.05) is 38.5 Å². The first-order valence-corrected chi connectivity index (χ1v) is 6.47. The average Bonchev–Trinajstić information content (AvgIpc) is 2.54. The summed E-state index contributed by atoms with van der Waals surface area (Å²) < 4.78 is 0. The normalized spacial score (nSPS) is 26.9. The molecular weight excluding hydrogens is 198 g/mol. The van der Waals surface area contributed by atoms with Gasteiger partial charge in [0.05, 0.1) is 6.04 Å². The summed E-state index contributed by atoms with van der Waals surface area (Å²) >= 11 is 1.80. The van der Waals surface area contributed by atoms with Crippen LogP contribution in [0.5, 0.6) is 0 Å². The molecule has 2 saturated heterocycles. The summed E-state index contributed by atoms with van der Waals surface area (Å²) in [7, 11) is 0. The molecule has 5 heteroatoms.